The summed E-state index contributed by atoms with van der Waals surface area (Å²) in [7, 11) is 0. The third kappa shape index (κ3) is 3.68. The van der Waals surface area contributed by atoms with E-state index in [1.807, 2.05) is 36.4 Å². The molecule has 4 rings (SSSR count). The minimum absolute atomic E-state index is 0.189. The first kappa shape index (κ1) is 17.6. The first-order valence-corrected chi connectivity index (χ1v) is 9.67. The fourth-order valence-electron chi connectivity index (χ4n) is 3.06. The van der Waals surface area contributed by atoms with E-state index in [9.17, 15) is 9.59 Å². The highest BCUT2D eigenvalue weighted by Crippen LogP contribution is 2.37. The number of rotatable bonds is 3. The van der Waals surface area contributed by atoms with Crippen molar-refractivity contribution in [3.05, 3.63) is 60.6 Å². The molecule has 1 atom stereocenters. The Kier molecular flexibility index (Phi) is 4.85. The maximum absolute atomic E-state index is 12.7. The maximum Gasteiger partial charge on any atom is 0.359 e. The van der Waals surface area contributed by atoms with Gasteiger partial charge >= 0.3 is 5.97 Å². The molecule has 1 amide bonds. The van der Waals surface area contributed by atoms with Crippen LogP contribution in [0.1, 0.15) is 23.8 Å². The Hall–Kier alpha value is -2.80. The van der Waals surface area contributed by atoms with Gasteiger partial charge in [0, 0.05) is 29.1 Å². The fourth-order valence-corrected chi connectivity index (χ4v) is 4.17. The molecular formula is C20H19N3O3S. The van der Waals surface area contributed by atoms with Gasteiger partial charge in [-0.3, -0.25) is 4.79 Å². The molecule has 2 aromatic heterocycles. The van der Waals surface area contributed by atoms with Crippen molar-refractivity contribution in [1.82, 2.24) is 9.38 Å². The van der Waals surface area contributed by atoms with Crippen molar-refractivity contribution in [2.45, 2.75) is 23.5 Å². The Labute approximate surface area is 161 Å². The molecule has 0 saturated heterocycles. The van der Waals surface area contributed by atoms with E-state index < -0.39 is 5.97 Å². The normalized spacial score (nSPS) is 16.6. The van der Waals surface area contributed by atoms with E-state index in [2.05, 4.69) is 11.9 Å². The molecule has 1 aliphatic heterocycles. The second kappa shape index (κ2) is 7.44. The van der Waals surface area contributed by atoms with Crippen LogP contribution in [0.5, 0.6) is 0 Å². The highest BCUT2D eigenvalue weighted by molar-refractivity contribution is 8.00. The van der Waals surface area contributed by atoms with E-state index in [0.717, 1.165) is 17.0 Å². The second-order valence-corrected chi connectivity index (χ2v) is 7.88. The predicted octanol–water partition coefficient (Wildman–Crippen LogP) is 3.41. The zero-order valence-electron chi connectivity index (χ0n) is 14.9. The van der Waals surface area contributed by atoms with Gasteiger partial charge in [0.15, 0.2) is 12.3 Å². The number of hydrogen-bond donors (Lipinski definition) is 0. The number of esters is 1. The third-order valence-electron chi connectivity index (χ3n) is 4.44. The number of hydrogen-bond acceptors (Lipinski definition) is 5. The second-order valence-electron chi connectivity index (χ2n) is 6.40. The number of ether oxygens (including phenoxy) is 1. The number of anilines is 1. The Morgan fingerprint density at radius 1 is 1.22 bits per heavy atom. The number of carbonyl (C=O) groups is 2. The van der Waals surface area contributed by atoms with Crippen LogP contribution >= 0.6 is 11.8 Å². The molecule has 3 heterocycles. The molecule has 7 heteroatoms. The van der Waals surface area contributed by atoms with Crippen molar-refractivity contribution < 1.29 is 14.3 Å². The third-order valence-corrected chi connectivity index (χ3v) is 5.68. The zero-order valence-corrected chi connectivity index (χ0v) is 15.7. The van der Waals surface area contributed by atoms with Crippen LogP contribution < -0.4 is 4.90 Å². The molecule has 138 valence electrons. The number of para-hydroxylation sites is 1. The van der Waals surface area contributed by atoms with Gasteiger partial charge in [-0.2, -0.15) is 0 Å². The SMILES string of the molecule is C[C@@H]1CCN(C(=O)COC(=O)c2cn3ccccc3n2)c2ccccc2S1. The lowest BCUT2D eigenvalue weighted by Crippen LogP contribution is -2.35. The number of aromatic nitrogens is 2. The predicted molar refractivity (Wildman–Crippen MR) is 104 cm³/mol. The number of thioether (sulfide) groups is 1. The van der Waals surface area contributed by atoms with Gasteiger partial charge in [-0.05, 0) is 30.7 Å². The summed E-state index contributed by atoms with van der Waals surface area (Å²) in [5, 5.41) is 0.421. The number of benzene rings is 1. The van der Waals surface area contributed by atoms with Crippen LogP contribution in [0.4, 0.5) is 5.69 Å². The van der Waals surface area contributed by atoms with Crippen molar-refractivity contribution >= 4 is 35.0 Å². The molecule has 0 spiro atoms. The average molecular weight is 381 g/mol. The zero-order chi connectivity index (χ0) is 18.8. The minimum Gasteiger partial charge on any atom is -0.451 e. The summed E-state index contributed by atoms with van der Waals surface area (Å²) in [6.45, 7) is 2.45. The lowest BCUT2D eigenvalue weighted by Gasteiger charge is -2.22. The summed E-state index contributed by atoms with van der Waals surface area (Å²) in [4.78, 5) is 32.0. The molecule has 1 aromatic carbocycles. The van der Waals surface area contributed by atoms with E-state index in [0.29, 0.717) is 17.4 Å². The summed E-state index contributed by atoms with van der Waals surface area (Å²) in [5.41, 5.74) is 1.72. The lowest BCUT2D eigenvalue weighted by atomic mass is 10.2. The molecule has 0 bridgehead atoms. The monoisotopic (exact) mass is 381 g/mol. The van der Waals surface area contributed by atoms with Crippen molar-refractivity contribution in [2.24, 2.45) is 0 Å². The van der Waals surface area contributed by atoms with Crippen molar-refractivity contribution in [3.63, 3.8) is 0 Å². The topological polar surface area (TPSA) is 63.9 Å². The quantitative estimate of drug-likeness (QED) is 0.651. The standard InChI is InChI=1S/C20H19N3O3S/c1-14-9-11-23(16-6-2-3-7-17(16)27-14)19(24)13-26-20(25)15-12-22-10-5-4-8-18(22)21-15/h2-8,10,12,14H,9,11,13H2,1H3/t14-/m1/s1. The van der Waals surface area contributed by atoms with E-state index >= 15 is 0 Å². The van der Waals surface area contributed by atoms with Crippen molar-refractivity contribution in [3.8, 4) is 0 Å². The number of pyridine rings is 1. The molecule has 6 nitrogen and oxygen atoms in total. The van der Waals surface area contributed by atoms with Gasteiger partial charge in [0.2, 0.25) is 0 Å². The Bertz CT molecular complexity index is 968. The molecule has 0 aliphatic carbocycles. The first-order valence-electron chi connectivity index (χ1n) is 8.79. The summed E-state index contributed by atoms with van der Waals surface area (Å²) < 4.78 is 6.98. The Morgan fingerprint density at radius 2 is 2.04 bits per heavy atom. The lowest BCUT2D eigenvalue weighted by molar-refractivity contribution is -0.121. The molecule has 27 heavy (non-hydrogen) atoms. The van der Waals surface area contributed by atoms with Crippen molar-refractivity contribution in [2.75, 3.05) is 18.1 Å². The van der Waals surface area contributed by atoms with Gasteiger partial charge in [0.05, 0.1) is 5.69 Å². The number of nitrogens with zero attached hydrogens (tertiary/aromatic N) is 3. The summed E-state index contributed by atoms with van der Waals surface area (Å²) in [5.74, 6) is -0.827. The fraction of sp³-hybridized carbons (Fsp3) is 0.250. The molecule has 0 radical (unpaired) electrons. The van der Waals surface area contributed by atoms with Crippen LogP contribution in [0.15, 0.2) is 59.8 Å². The smallest absolute Gasteiger partial charge is 0.359 e. The molecule has 1 aliphatic rings. The first-order chi connectivity index (χ1) is 13.1. The van der Waals surface area contributed by atoms with Gasteiger partial charge in [0.1, 0.15) is 5.65 Å². The van der Waals surface area contributed by atoms with Gasteiger partial charge in [-0.15, -0.1) is 11.8 Å². The summed E-state index contributed by atoms with van der Waals surface area (Å²) in [6, 6.07) is 13.3. The summed E-state index contributed by atoms with van der Waals surface area (Å²) in [6.07, 6.45) is 4.28. The Morgan fingerprint density at radius 3 is 2.89 bits per heavy atom. The van der Waals surface area contributed by atoms with Crippen molar-refractivity contribution in [1.29, 1.82) is 0 Å². The van der Waals surface area contributed by atoms with E-state index in [-0.39, 0.29) is 18.2 Å². The van der Waals surface area contributed by atoms with Crippen LogP contribution in [0, 0.1) is 0 Å². The van der Waals surface area contributed by atoms with Gasteiger partial charge < -0.3 is 14.0 Å². The molecule has 0 saturated carbocycles. The number of carbonyl (C=O) groups excluding carboxylic acids is 2. The average Bonchev–Trinajstić information content (AvgIpc) is 3.04. The van der Waals surface area contributed by atoms with Crippen LogP contribution in [0.3, 0.4) is 0 Å². The number of amides is 1. The number of fused-ring (bicyclic) bond motifs is 2. The van der Waals surface area contributed by atoms with Gasteiger partial charge in [-0.25, -0.2) is 9.78 Å². The highest BCUT2D eigenvalue weighted by Gasteiger charge is 2.25. The molecule has 0 fully saturated rings. The van der Waals surface area contributed by atoms with Gasteiger partial charge in [0.25, 0.3) is 5.91 Å². The molecule has 3 aromatic rings. The Balaban J connectivity index is 1.46. The summed E-state index contributed by atoms with van der Waals surface area (Å²) >= 11 is 1.76. The minimum atomic E-state index is -0.599. The van der Waals surface area contributed by atoms with Crippen LogP contribution in [-0.4, -0.2) is 39.7 Å². The largest absolute Gasteiger partial charge is 0.451 e. The molecular weight excluding hydrogens is 362 g/mol. The molecule has 0 unspecified atom stereocenters. The van der Waals surface area contributed by atoms with E-state index in [1.165, 1.54) is 0 Å². The van der Waals surface area contributed by atoms with E-state index in [1.54, 1.807) is 39.5 Å². The number of imidazole rings is 1. The van der Waals surface area contributed by atoms with Crippen LogP contribution in [-0.2, 0) is 9.53 Å². The maximum atomic E-state index is 12.7. The highest BCUT2D eigenvalue weighted by atomic mass is 32.2. The molecule has 0 N–H and O–H groups in total. The van der Waals surface area contributed by atoms with Crippen LogP contribution in [0.2, 0.25) is 0 Å². The van der Waals surface area contributed by atoms with Gasteiger partial charge in [-0.1, -0.05) is 25.1 Å². The van der Waals surface area contributed by atoms with E-state index in [4.69, 9.17) is 4.74 Å². The van der Waals surface area contributed by atoms with Crippen LogP contribution in [0.25, 0.3) is 5.65 Å².